The molecule has 3 rings (SSSR count). The number of carbonyl (C=O) groups is 1. The summed E-state index contributed by atoms with van der Waals surface area (Å²) in [6.07, 6.45) is 4.69. The second-order valence-electron chi connectivity index (χ2n) is 5.65. The van der Waals surface area contributed by atoms with Crippen molar-refractivity contribution in [3.05, 3.63) is 35.8 Å². The van der Waals surface area contributed by atoms with Crippen LogP contribution in [-0.2, 0) is 11.3 Å². The highest BCUT2D eigenvalue weighted by Crippen LogP contribution is 2.13. The number of fused-ring (bicyclic) bond motifs is 1. The maximum Gasteiger partial charge on any atom is 0.409 e. The number of aromatic nitrogens is 2. The molecule has 0 spiro atoms. The zero-order valence-corrected chi connectivity index (χ0v) is 13.1. The van der Waals surface area contributed by atoms with Gasteiger partial charge in [-0.2, -0.15) is 0 Å². The van der Waals surface area contributed by atoms with E-state index < -0.39 is 0 Å². The van der Waals surface area contributed by atoms with Gasteiger partial charge in [-0.05, 0) is 31.9 Å². The zero-order valence-electron chi connectivity index (χ0n) is 13.1. The Balaban J connectivity index is 1.59. The number of rotatable bonds is 4. The van der Waals surface area contributed by atoms with Crippen LogP contribution in [-0.4, -0.2) is 46.1 Å². The quantitative estimate of drug-likeness (QED) is 0.938. The monoisotopic (exact) mass is 302 g/mol. The van der Waals surface area contributed by atoms with Crippen molar-refractivity contribution in [3.8, 4) is 0 Å². The molecule has 0 aliphatic carbocycles. The Hall–Kier alpha value is -2.08. The zero-order chi connectivity index (χ0) is 15.5. The van der Waals surface area contributed by atoms with Crippen LogP contribution in [0.1, 0.15) is 24.6 Å². The van der Waals surface area contributed by atoms with E-state index in [0.29, 0.717) is 19.2 Å². The van der Waals surface area contributed by atoms with Crippen molar-refractivity contribution in [1.29, 1.82) is 0 Å². The normalized spacial score (nSPS) is 18.1. The van der Waals surface area contributed by atoms with Gasteiger partial charge < -0.3 is 19.4 Å². The van der Waals surface area contributed by atoms with Crippen molar-refractivity contribution in [2.75, 3.05) is 19.7 Å². The lowest BCUT2D eigenvalue weighted by atomic mass is 10.2. The average molecular weight is 302 g/mol. The number of hydrogen-bond donors (Lipinski definition) is 1. The number of amides is 1. The predicted octanol–water partition coefficient (Wildman–Crippen LogP) is 1.96. The van der Waals surface area contributed by atoms with E-state index in [1.807, 2.05) is 25.4 Å². The summed E-state index contributed by atoms with van der Waals surface area (Å²) < 4.78 is 7.15. The van der Waals surface area contributed by atoms with Gasteiger partial charge >= 0.3 is 6.09 Å². The summed E-state index contributed by atoms with van der Waals surface area (Å²) in [6, 6.07) is 4.40. The van der Waals surface area contributed by atoms with Crippen LogP contribution in [0.3, 0.4) is 0 Å². The highest BCUT2D eigenvalue weighted by molar-refractivity contribution is 5.68. The smallest absolute Gasteiger partial charge is 0.409 e. The largest absolute Gasteiger partial charge is 0.450 e. The van der Waals surface area contributed by atoms with Gasteiger partial charge in [-0.15, -0.1) is 0 Å². The number of likely N-dealkylation sites (tertiary alicyclic amines) is 1. The van der Waals surface area contributed by atoms with Crippen molar-refractivity contribution in [2.24, 2.45) is 0 Å². The fourth-order valence-corrected chi connectivity index (χ4v) is 2.89. The Morgan fingerprint density at radius 3 is 3.23 bits per heavy atom. The molecule has 0 bridgehead atoms. The molecule has 1 saturated heterocycles. The maximum absolute atomic E-state index is 11.7. The predicted molar refractivity (Wildman–Crippen MR) is 83.8 cm³/mol. The van der Waals surface area contributed by atoms with Crippen LogP contribution in [0.25, 0.3) is 5.65 Å². The van der Waals surface area contributed by atoms with Crippen LogP contribution in [0.4, 0.5) is 4.79 Å². The molecule has 118 valence electrons. The van der Waals surface area contributed by atoms with Crippen molar-refractivity contribution in [2.45, 2.75) is 32.9 Å². The Labute approximate surface area is 130 Å². The summed E-state index contributed by atoms with van der Waals surface area (Å²) in [4.78, 5) is 17.9. The lowest BCUT2D eigenvalue weighted by Gasteiger charge is -2.16. The third-order valence-corrected chi connectivity index (χ3v) is 4.09. The lowest BCUT2D eigenvalue weighted by Crippen LogP contribution is -2.35. The van der Waals surface area contributed by atoms with Crippen LogP contribution in [0.5, 0.6) is 0 Å². The van der Waals surface area contributed by atoms with Gasteiger partial charge in [0.1, 0.15) is 5.65 Å². The van der Waals surface area contributed by atoms with Gasteiger partial charge in [0.25, 0.3) is 0 Å². The van der Waals surface area contributed by atoms with Crippen LogP contribution in [0, 0.1) is 6.92 Å². The summed E-state index contributed by atoms with van der Waals surface area (Å²) in [5.74, 6) is 0. The minimum atomic E-state index is -0.211. The van der Waals surface area contributed by atoms with E-state index in [1.54, 1.807) is 4.90 Å². The molecule has 2 aromatic heterocycles. The number of nitrogens with zero attached hydrogens (tertiary/aromatic N) is 3. The second kappa shape index (κ2) is 6.36. The molecule has 0 radical (unpaired) electrons. The van der Waals surface area contributed by atoms with Crippen molar-refractivity contribution in [1.82, 2.24) is 19.6 Å². The molecule has 1 fully saturated rings. The Morgan fingerprint density at radius 1 is 1.55 bits per heavy atom. The average Bonchev–Trinajstić information content (AvgIpc) is 3.13. The minimum Gasteiger partial charge on any atom is -0.450 e. The molecule has 1 N–H and O–H groups in total. The van der Waals surface area contributed by atoms with Crippen LogP contribution >= 0.6 is 0 Å². The molecule has 6 nitrogen and oxygen atoms in total. The Kier molecular flexibility index (Phi) is 4.29. The van der Waals surface area contributed by atoms with Crippen LogP contribution in [0.2, 0.25) is 0 Å². The van der Waals surface area contributed by atoms with E-state index in [2.05, 4.69) is 27.7 Å². The topological polar surface area (TPSA) is 58.9 Å². The van der Waals surface area contributed by atoms with Crippen molar-refractivity contribution >= 4 is 11.7 Å². The second-order valence-corrected chi connectivity index (χ2v) is 5.65. The van der Waals surface area contributed by atoms with Gasteiger partial charge in [-0.3, -0.25) is 0 Å². The summed E-state index contributed by atoms with van der Waals surface area (Å²) in [5.41, 5.74) is 3.30. The van der Waals surface area contributed by atoms with E-state index in [1.165, 1.54) is 5.56 Å². The first-order chi connectivity index (χ1) is 10.7. The number of carbonyl (C=O) groups excluding carboxylic acids is 1. The fourth-order valence-electron chi connectivity index (χ4n) is 2.89. The molecule has 0 saturated carbocycles. The number of pyridine rings is 1. The van der Waals surface area contributed by atoms with E-state index in [-0.39, 0.29) is 6.09 Å². The molecular weight excluding hydrogens is 280 g/mol. The number of imidazole rings is 1. The Morgan fingerprint density at radius 2 is 2.41 bits per heavy atom. The van der Waals surface area contributed by atoms with Crippen LogP contribution < -0.4 is 5.32 Å². The maximum atomic E-state index is 11.7. The third kappa shape index (κ3) is 2.92. The summed E-state index contributed by atoms with van der Waals surface area (Å²) in [6.45, 7) is 6.52. The summed E-state index contributed by atoms with van der Waals surface area (Å²) in [7, 11) is 0. The first-order valence-corrected chi connectivity index (χ1v) is 7.75. The molecule has 1 amide bonds. The molecule has 1 aliphatic rings. The molecule has 3 heterocycles. The highest BCUT2D eigenvalue weighted by Gasteiger charge is 2.26. The number of nitrogens with one attached hydrogen (secondary N) is 1. The lowest BCUT2D eigenvalue weighted by molar-refractivity contribution is 0.115. The van der Waals surface area contributed by atoms with Gasteiger partial charge in [0.2, 0.25) is 0 Å². The van der Waals surface area contributed by atoms with Gasteiger partial charge in [0.05, 0.1) is 18.5 Å². The molecule has 1 unspecified atom stereocenters. The van der Waals surface area contributed by atoms with Gasteiger partial charge in [-0.25, -0.2) is 9.78 Å². The van der Waals surface area contributed by atoms with E-state index >= 15 is 0 Å². The van der Waals surface area contributed by atoms with Gasteiger partial charge in [0.15, 0.2) is 0 Å². The van der Waals surface area contributed by atoms with E-state index in [9.17, 15) is 4.79 Å². The number of aryl methyl sites for hydroxylation is 1. The number of ether oxygens (including phenoxy) is 1. The third-order valence-electron chi connectivity index (χ3n) is 4.09. The molecular formula is C16H22N4O2. The Bertz CT molecular complexity index is 667. The van der Waals surface area contributed by atoms with Crippen molar-refractivity contribution < 1.29 is 9.53 Å². The van der Waals surface area contributed by atoms with Gasteiger partial charge in [0, 0.05) is 31.9 Å². The van der Waals surface area contributed by atoms with Gasteiger partial charge in [-0.1, -0.05) is 6.07 Å². The fraction of sp³-hybridized carbons (Fsp3) is 0.500. The molecule has 6 heteroatoms. The first kappa shape index (κ1) is 14.8. The highest BCUT2D eigenvalue weighted by atomic mass is 16.6. The molecule has 1 aliphatic heterocycles. The first-order valence-electron chi connectivity index (χ1n) is 7.75. The number of hydrogen-bond acceptors (Lipinski definition) is 4. The minimum absolute atomic E-state index is 0.211. The van der Waals surface area contributed by atoms with Crippen molar-refractivity contribution in [3.63, 3.8) is 0 Å². The molecule has 1 atom stereocenters. The van der Waals surface area contributed by atoms with E-state index in [0.717, 1.165) is 30.9 Å². The molecule has 22 heavy (non-hydrogen) atoms. The standard InChI is InChI=1S/C16H22N4O2/c1-3-22-16(21)19-8-6-13(11-19)17-9-14-10-18-15-12(2)5-4-7-20(14)15/h4-5,7,10,13,17H,3,6,8-9,11H2,1-2H3. The summed E-state index contributed by atoms with van der Waals surface area (Å²) >= 11 is 0. The molecule has 0 aromatic carbocycles. The van der Waals surface area contributed by atoms with E-state index in [4.69, 9.17) is 4.74 Å². The van der Waals surface area contributed by atoms with Crippen LogP contribution in [0.15, 0.2) is 24.5 Å². The SMILES string of the molecule is CCOC(=O)N1CCC(NCc2cnc3c(C)cccn23)C1. The summed E-state index contributed by atoms with van der Waals surface area (Å²) in [5, 5.41) is 3.51. The molecule has 2 aromatic rings.